The molecular weight excluding hydrogens is 522 g/mol. The number of carbonyl (C=O) groups is 2. The predicted molar refractivity (Wildman–Crippen MR) is 159 cm³/mol. The summed E-state index contributed by atoms with van der Waals surface area (Å²) in [5, 5.41) is 0. The molecule has 1 unspecified atom stereocenters. The molecule has 0 saturated heterocycles. The molecular formula is C32H43N3O6. The van der Waals surface area contributed by atoms with Crippen LogP contribution < -0.4 is 14.2 Å². The van der Waals surface area contributed by atoms with E-state index in [1.54, 1.807) is 37.3 Å². The van der Waals surface area contributed by atoms with Crippen LogP contribution in [0.3, 0.4) is 0 Å². The molecule has 0 saturated carbocycles. The highest BCUT2D eigenvalue weighted by Crippen LogP contribution is 2.24. The van der Waals surface area contributed by atoms with Gasteiger partial charge in [-0.2, -0.15) is 0 Å². The van der Waals surface area contributed by atoms with Crippen LogP contribution in [0.4, 0.5) is 0 Å². The van der Waals surface area contributed by atoms with Gasteiger partial charge in [-0.05, 0) is 61.7 Å². The van der Waals surface area contributed by atoms with Gasteiger partial charge in [0.2, 0.25) is 5.91 Å². The van der Waals surface area contributed by atoms with Gasteiger partial charge < -0.3 is 33.3 Å². The summed E-state index contributed by atoms with van der Waals surface area (Å²) < 4.78 is 23.5. The van der Waals surface area contributed by atoms with E-state index < -0.39 is 0 Å². The van der Waals surface area contributed by atoms with Crippen molar-refractivity contribution in [3.8, 4) is 17.2 Å². The Hall–Kier alpha value is -3.98. The van der Waals surface area contributed by atoms with Crippen molar-refractivity contribution in [3.63, 3.8) is 0 Å². The first-order chi connectivity index (χ1) is 19.8. The first kappa shape index (κ1) is 31.5. The summed E-state index contributed by atoms with van der Waals surface area (Å²) in [6, 6.07) is 17.0. The summed E-state index contributed by atoms with van der Waals surface area (Å²) >= 11 is 0. The van der Waals surface area contributed by atoms with E-state index in [2.05, 4.69) is 17.6 Å². The molecule has 0 aliphatic carbocycles. The standard InChI is InChI=1S/C32H43N3O6/c1-7-24(2)35(22-27-12-9-14-33(27)21-25-11-8-13-28(17-25)39-4)31(36)23-34(15-10-16-38-3)32(37)26-18-29(40-5)20-30(19-26)41-6/h8-9,11-14,17-20,24H,7,10,15-16,21-23H2,1-6H3. The molecule has 41 heavy (non-hydrogen) atoms. The number of rotatable bonds is 16. The second-order valence-electron chi connectivity index (χ2n) is 9.93. The number of aromatic nitrogens is 1. The molecule has 2 aromatic carbocycles. The molecule has 1 aromatic heterocycles. The zero-order chi connectivity index (χ0) is 29.8. The Bertz CT molecular complexity index is 1250. The Morgan fingerprint density at radius 1 is 0.902 bits per heavy atom. The van der Waals surface area contributed by atoms with Gasteiger partial charge in [-0.1, -0.05) is 19.1 Å². The van der Waals surface area contributed by atoms with Crippen LogP contribution in [0.15, 0.2) is 60.8 Å². The van der Waals surface area contributed by atoms with Crippen molar-refractivity contribution in [1.82, 2.24) is 14.4 Å². The fourth-order valence-corrected chi connectivity index (χ4v) is 4.62. The van der Waals surface area contributed by atoms with E-state index >= 15 is 0 Å². The van der Waals surface area contributed by atoms with Crippen molar-refractivity contribution in [2.75, 3.05) is 48.1 Å². The average Bonchev–Trinajstić information content (AvgIpc) is 3.44. The Morgan fingerprint density at radius 3 is 2.24 bits per heavy atom. The molecule has 222 valence electrons. The van der Waals surface area contributed by atoms with E-state index in [0.29, 0.717) is 49.7 Å². The van der Waals surface area contributed by atoms with Crippen LogP contribution in [0.1, 0.15) is 48.3 Å². The topological polar surface area (TPSA) is 82.5 Å². The van der Waals surface area contributed by atoms with Gasteiger partial charge in [0, 0.05) is 56.4 Å². The van der Waals surface area contributed by atoms with Crippen molar-refractivity contribution >= 4 is 11.8 Å². The maximum absolute atomic E-state index is 13.9. The number of methoxy groups -OCH3 is 4. The van der Waals surface area contributed by atoms with Crippen molar-refractivity contribution in [2.45, 2.75) is 45.8 Å². The number of benzene rings is 2. The van der Waals surface area contributed by atoms with Crippen molar-refractivity contribution < 1.29 is 28.5 Å². The minimum atomic E-state index is -0.267. The molecule has 9 nitrogen and oxygen atoms in total. The van der Waals surface area contributed by atoms with Gasteiger partial charge >= 0.3 is 0 Å². The summed E-state index contributed by atoms with van der Waals surface area (Å²) in [4.78, 5) is 31.0. The molecule has 0 spiro atoms. The lowest BCUT2D eigenvalue weighted by atomic mass is 10.1. The van der Waals surface area contributed by atoms with Gasteiger partial charge in [0.05, 0.1) is 27.9 Å². The zero-order valence-electron chi connectivity index (χ0n) is 25.1. The molecule has 9 heteroatoms. The van der Waals surface area contributed by atoms with Crippen molar-refractivity contribution in [1.29, 1.82) is 0 Å². The van der Waals surface area contributed by atoms with Crippen LogP contribution in [0, 0.1) is 0 Å². The maximum Gasteiger partial charge on any atom is 0.254 e. The van der Waals surface area contributed by atoms with Gasteiger partial charge in [0.1, 0.15) is 23.8 Å². The molecule has 1 heterocycles. The smallest absolute Gasteiger partial charge is 0.254 e. The van der Waals surface area contributed by atoms with Crippen LogP contribution in [-0.4, -0.2) is 80.4 Å². The van der Waals surface area contributed by atoms with Gasteiger partial charge in [0.15, 0.2) is 0 Å². The van der Waals surface area contributed by atoms with Crippen molar-refractivity contribution in [2.24, 2.45) is 0 Å². The van der Waals surface area contributed by atoms with Crippen LogP contribution in [-0.2, 0) is 22.6 Å². The van der Waals surface area contributed by atoms with E-state index in [-0.39, 0.29) is 24.4 Å². The van der Waals surface area contributed by atoms with Gasteiger partial charge in [-0.25, -0.2) is 0 Å². The van der Waals surface area contributed by atoms with Gasteiger partial charge in [-0.3, -0.25) is 9.59 Å². The summed E-state index contributed by atoms with van der Waals surface area (Å²) in [6.07, 6.45) is 3.40. The fourth-order valence-electron chi connectivity index (χ4n) is 4.62. The lowest BCUT2D eigenvalue weighted by Gasteiger charge is -2.32. The number of ether oxygens (including phenoxy) is 4. The monoisotopic (exact) mass is 565 g/mol. The third kappa shape index (κ3) is 8.75. The Balaban J connectivity index is 1.83. The molecule has 3 rings (SSSR count). The van der Waals surface area contributed by atoms with Crippen LogP contribution in [0.25, 0.3) is 0 Å². The highest BCUT2D eigenvalue weighted by molar-refractivity contribution is 5.97. The summed E-state index contributed by atoms with van der Waals surface area (Å²) in [5.41, 5.74) is 2.51. The summed E-state index contributed by atoms with van der Waals surface area (Å²) in [6.45, 7) is 5.98. The summed E-state index contributed by atoms with van der Waals surface area (Å²) in [5.74, 6) is 1.44. The lowest BCUT2D eigenvalue weighted by molar-refractivity contribution is -0.134. The average molecular weight is 566 g/mol. The van der Waals surface area contributed by atoms with Gasteiger partial charge in [0.25, 0.3) is 5.91 Å². The van der Waals surface area contributed by atoms with E-state index in [1.165, 1.54) is 14.2 Å². The fraction of sp³-hybridized carbons (Fsp3) is 0.438. The first-order valence-corrected chi connectivity index (χ1v) is 13.9. The molecule has 0 fully saturated rings. The van der Waals surface area contributed by atoms with Crippen LogP contribution in [0.2, 0.25) is 0 Å². The quantitative estimate of drug-likeness (QED) is 0.231. The molecule has 0 aliphatic rings. The Labute approximate surface area is 243 Å². The zero-order valence-corrected chi connectivity index (χ0v) is 25.1. The van der Waals surface area contributed by atoms with Gasteiger partial charge in [-0.15, -0.1) is 0 Å². The molecule has 0 radical (unpaired) electrons. The van der Waals surface area contributed by atoms with E-state index in [4.69, 9.17) is 18.9 Å². The number of amides is 2. The third-order valence-electron chi connectivity index (χ3n) is 7.17. The number of hydrogen-bond acceptors (Lipinski definition) is 6. The predicted octanol–water partition coefficient (Wildman–Crippen LogP) is 4.87. The first-order valence-electron chi connectivity index (χ1n) is 13.9. The second kappa shape index (κ2) is 15.7. The molecule has 2 amide bonds. The minimum absolute atomic E-state index is 0.0180. The Kier molecular flexibility index (Phi) is 12.1. The van der Waals surface area contributed by atoms with E-state index in [0.717, 1.165) is 23.4 Å². The minimum Gasteiger partial charge on any atom is -0.497 e. The highest BCUT2D eigenvalue weighted by Gasteiger charge is 2.26. The number of nitrogens with zero attached hydrogens (tertiary/aromatic N) is 3. The van der Waals surface area contributed by atoms with E-state index in [1.807, 2.05) is 48.4 Å². The summed E-state index contributed by atoms with van der Waals surface area (Å²) in [7, 11) is 6.35. The molecule has 0 bridgehead atoms. The van der Waals surface area contributed by atoms with Crippen molar-refractivity contribution in [3.05, 3.63) is 77.6 Å². The molecule has 1 atom stereocenters. The molecule has 0 aliphatic heterocycles. The largest absolute Gasteiger partial charge is 0.497 e. The lowest BCUT2D eigenvalue weighted by Crippen LogP contribution is -2.46. The van der Waals surface area contributed by atoms with Crippen LogP contribution >= 0.6 is 0 Å². The maximum atomic E-state index is 13.9. The SMILES string of the molecule is CCC(C)N(Cc1cccn1Cc1cccc(OC)c1)C(=O)CN(CCCOC)C(=O)c1cc(OC)cc(OC)c1. The normalized spacial score (nSPS) is 11.6. The highest BCUT2D eigenvalue weighted by atomic mass is 16.5. The number of hydrogen-bond donors (Lipinski definition) is 0. The number of carbonyl (C=O) groups excluding carboxylic acids is 2. The molecule has 0 N–H and O–H groups in total. The van der Waals surface area contributed by atoms with E-state index in [9.17, 15) is 9.59 Å². The second-order valence-corrected chi connectivity index (χ2v) is 9.93. The molecule has 3 aromatic rings. The Morgan fingerprint density at radius 2 is 1.61 bits per heavy atom. The van der Waals surface area contributed by atoms with Crippen LogP contribution in [0.5, 0.6) is 17.2 Å². The third-order valence-corrected chi connectivity index (χ3v) is 7.17.